The third kappa shape index (κ3) is 6.05. The summed E-state index contributed by atoms with van der Waals surface area (Å²) < 4.78 is 11.5. The number of hydrogen-bond acceptors (Lipinski definition) is 6. The molecule has 0 aliphatic carbocycles. The van der Waals surface area contributed by atoms with Crippen LogP contribution in [0, 0.1) is 0 Å². The van der Waals surface area contributed by atoms with Crippen molar-refractivity contribution in [3.63, 3.8) is 0 Å². The molecule has 0 spiro atoms. The summed E-state index contributed by atoms with van der Waals surface area (Å²) in [6, 6.07) is 29.9. The van der Waals surface area contributed by atoms with Crippen LogP contribution >= 0.6 is 0 Å². The molecule has 1 aliphatic rings. The Kier molecular flexibility index (Phi) is 8.39. The summed E-state index contributed by atoms with van der Waals surface area (Å²) in [5, 5.41) is 2.75. The second-order valence-electron chi connectivity index (χ2n) is 9.13. The van der Waals surface area contributed by atoms with E-state index in [1.165, 1.54) is 6.08 Å². The molecule has 210 valence electrons. The fourth-order valence-electron chi connectivity index (χ4n) is 4.37. The van der Waals surface area contributed by atoms with E-state index < -0.39 is 17.8 Å². The van der Waals surface area contributed by atoms with Crippen molar-refractivity contribution in [3.8, 4) is 11.5 Å². The Morgan fingerprint density at radius 1 is 0.714 bits per heavy atom. The molecule has 0 radical (unpaired) electrons. The summed E-state index contributed by atoms with van der Waals surface area (Å²) in [5.41, 5.74) is 1.57. The highest BCUT2D eigenvalue weighted by Gasteiger charge is 2.43. The number of amides is 5. The average molecular weight is 562 g/mol. The van der Waals surface area contributed by atoms with Gasteiger partial charge in [0, 0.05) is 5.69 Å². The smallest absolute Gasteiger partial charge is 0.343 e. The predicted octanol–water partition coefficient (Wildman–Crippen LogP) is 5.69. The molecular formula is C33H27N3O6. The summed E-state index contributed by atoms with van der Waals surface area (Å²) in [6.07, 6.45) is 1.41. The van der Waals surface area contributed by atoms with Crippen molar-refractivity contribution in [1.82, 2.24) is 0 Å². The van der Waals surface area contributed by atoms with Gasteiger partial charge in [-0.2, -0.15) is 0 Å². The van der Waals surface area contributed by atoms with Crippen LogP contribution < -0.4 is 24.6 Å². The minimum absolute atomic E-state index is 0.208. The first-order valence-electron chi connectivity index (χ1n) is 13.3. The fraction of sp³-hybridized carbons (Fsp3) is 0.0909. The molecule has 1 N–H and O–H groups in total. The van der Waals surface area contributed by atoms with Crippen LogP contribution in [0.25, 0.3) is 6.08 Å². The van der Waals surface area contributed by atoms with Gasteiger partial charge in [-0.1, -0.05) is 60.7 Å². The molecule has 0 saturated carbocycles. The summed E-state index contributed by atoms with van der Waals surface area (Å²) in [5.74, 6) is -1.21. The number of urea groups is 1. The maximum absolute atomic E-state index is 13.6. The van der Waals surface area contributed by atoms with Gasteiger partial charge in [0.25, 0.3) is 17.7 Å². The number of carbonyl (C=O) groups is 4. The van der Waals surface area contributed by atoms with Crippen LogP contribution in [0.2, 0.25) is 0 Å². The second kappa shape index (κ2) is 12.6. The molecule has 5 amide bonds. The third-order valence-electron chi connectivity index (χ3n) is 6.27. The van der Waals surface area contributed by atoms with E-state index >= 15 is 0 Å². The van der Waals surface area contributed by atoms with Crippen LogP contribution in [-0.4, -0.2) is 37.0 Å². The SMILES string of the molecule is CCOc1cc(C=C2C(=O)N(c3ccccc3)C(=O)N(c3ccccc3)C2=O)ccc1OCC(=O)Nc1ccccc1. The van der Waals surface area contributed by atoms with Crippen molar-refractivity contribution in [2.45, 2.75) is 6.92 Å². The van der Waals surface area contributed by atoms with Gasteiger partial charge in [0.1, 0.15) is 5.57 Å². The Bertz CT molecular complexity index is 1580. The van der Waals surface area contributed by atoms with Crippen molar-refractivity contribution < 1.29 is 28.7 Å². The maximum Gasteiger partial charge on any atom is 0.343 e. The lowest BCUT2D eigenvalue weighted by atomic mass is 10.0. The number of nitrogens with zero attached hydrogens (tertiary/aromatic N) is 2. The van der Waals surface area contributed by atoms with Crippen molar-refractivity contribution in [3.05, 3.63) is 120 Å². The lowest BCUT2D eigenvalue weighted by molar-refractivity contribution is -0.121. The third-order valence-corrected chi connectivity index (χ3v) is 6.27. The van der Waals surface area contributed by atoms with Gasteiger partial charge >= 0.3 is 6.03 Å². The van der Waals surface area contributed by atoms with Crippen LogP contribution in [0.1, 0.15) is 12.5 Å². The molecular weight excluding hydrogens is 534 g/mol. The van der Waals surface area contributed by atoms with Gasteiger partial charge in [0.15, 0.2) is 18.1 Å². The van der Waals surface area contributed by atoms with Crippen LogP contribution in [0.4, 0.5) is 21.9 Å². The molecule has 1 saturated heterocycles. The van der Waals surface area contributed by atoms with Crippen molar-refractivity contribution in [2.24, 2.45) is 0 Å². The first-order chi connectivity index (χ1) is 20.5. The highest BCUT2D eigenvalue weighted by molar-refractivity contribution is 6.46. The molecule has 0 atom stereocenters. The number of para-hydroxylation sites is 3. The monoisotopic (exact) mass is 561 g/mol. The van der Waals surface area contributed by atoms with Gasteiger partial charge in [0.2, 0.25) is 0 Å². The fourth-order valence-corrected chi connectivity index (χ4v) is 4.37. The number of rotatable bonds is 9. The number of imide groups is 2. The Balaban J connectivity index is 1.45. The molecule has 9 heteroatoms. The van der Waals surface area contributed by atoms with Crippen molar-refractivity contribution >= 4 is 46.9 Å². The van der Waals surface area contributed by atoms with Gasteiger partial charge in [-0.05, 0) is 67.1 Å². The number of ether oxygens (including phenoxy) is 2. The van der Waals surface area contributed by atoms with E-state index in [0.29, 0.717) is 40.7 Å². The van der Waals surface area contributed by atoms with Crippen molar-refractivity contribution in [2.75, 3.05) is 28.3 Å². The van der Waals surface area contributed by atoms with E-state index in [9.17, 15) is 19.2 Å². The van der Waals surface area contributed by atoms with Crippen LogP contribution in [-0.2, 0) is 14.4 Å². The molecule has 5 rings (SSSR count). The van der Waals surface area contributed by atoms with Gasteiger partial charge in [0.05, 0.1) is 18.0 Å². The van der Waals surface area contributed by atoms with Crippen LogP contribution in [0.15, 0.2) is 115 Å². The Morgan fingerprint density at radius 3 is 1.81 bits per heavy atom. The number of anilines is 3. The molecule has 9 nitrogen and oxygen atoms in total. The average Bonchev–Trinajstić information content (AvgIpc) is 3.01. The molecule has 1 aliphatic heterocycles. The molecule has 1 heterocycles. The number of carbonyl (C=O) groups excluding carboxylic acids is 4. The maximum atomic E-state index is 13.6. The van der Waals surface area contributed by atoms with Gasteiger partial charge in [-0.3, -0.25) is 14.4 Å². The minimum atomic E-state index is -0.771. The molecule has 0 unspecified atom stereocenters. The van der Waals surface area contributed by atoms with E-state index in [1.807, 2.05) is 18.2 Å². The van der Waals surface area contributed by atoms with E-state index in [4.69, 9.17) is 9.47 Å². The molecule has 4 aromatic carbocycles. The summed E-state index contributed by atoms with van der Waals surface area (Å²) in [7, 11) is 0. The van der Waals surface area contributed by atoms with Crippen LogP contribution in [0.5, 0.6) is 11.5 Å². The molecule has 0 aromatic heterocycles. The Morgan fingerprint density at radius 2 is 1.26 bits per heavy atom. The number of barbiturate groups is 1. The molecule has 4 aromatic rings. The number of nitrogens with one attached hydrogen (secondary N) is 1. The van der Waals surface area contributed by atoms with E-state index in [-0.39, 0.29) is 18.1 Å². The Labute approximate surface area is 242 Å². The zero-order valence-corrected chi connectivity index (χ0v) is 22.7. The predicted molar refractivity (Wildman–Crippen MR) is 159 cm³/mol. The summed E-state index contributed by atoms with van der Waals surface area (Å²) >= 11 is 0. The number of hydrogen-bond donors (Lipinski definition) is 1. The largest absolute Gasteiger partial charge is 0.490 e. The van der Waals surface area contributed by atoms with Gasteiger partial charge in [-0.15, -0.1) is 0 Å². The van der Waals surface area contributed by atoms with Gasteiger partial charge < -0.3 is 14.8 Å². The lowest BCUT2D eigenvalue weighted by Gasteiger charge is -2.33. The summed E-state index contributed by atoms with van der Waals surface area (Å²) in [6.45, 7) is 1.85. The van der Waals surface area contributed by atoms with E-state index in [2.05, 4.69) is 5.32 Å². The molecule has 42 heavy (non-hydrogen) atoms. The summed E-state index contributed by atoms with van der Waals surface area (Å²) in [4.78, 5) is 55.1. The second-order valence-corrected chi connectivity index (χ2v) is 9.13. The topological polar surface area (TPSA) is 105 Å². The zero-order chi connectivity index (χ0) is 29.5. The highest BCUT2D eigenvalue weighted by Crippen LogP contribution is 2.32. The standard InChI is InChI=1S/C33H27N3O6/c1-2-41-29-21-23(18-19-28(29)42-22-30(37)34-24-12-6-3-7-13-24)20-27-31(38)35(25-14-8-4-9-15-25)33(40)36(32(27)39)26-16-10-5-11-17-26/h3-21H,2,22H2,1H3,(H,34,37). The first kappa shape index (κ1) is 27.9. The molecule has 0 bridgehead atoms. The van der Waals surface area contributed by atoms with E-state index in [0.717, 1.165) is 9.80 Å². The van der Waals surface area contributed by atoms with Crippen molar-refractivity contribution in [1.29, 1.82) is 0 Å². The molecule has 1 fully saturated rings. The normalized spacial score (nSPS) is 13.2. The highest BCUT2D eigenvalue weighted by atomic mass is 16.5. The lowest BCUT2D eigenvalue weighted by Crippen LogP contribution is -2.57. The van der Waals surface area contributed by atoms with Crippen LogP contribution in [0.3, 0.4) is 0 Å². The van der Waals surface area contributed by atoms with Gasteiger partial charge in [-0.25, -0.2) is 14.6 Å². The number of benzene rings is 4. The minimum Gasteiger partial charge on any atom is -0.490 e. The quantitative estimate of drug-likeness (QED) is 0.208. The Hall–Kier alpha value is -5.70. The first-order valence-corrected chi connectivity index (χ1v) is 13.3. The zero-order valence-electron chi connectivity index (χ0n) is 22.7. The van der Waals surface area contributed by atoms with E-state index in [1.54, 1.807) is 97.9 Å².